The van der Waals surface area contributed by atoms with E-state index in [-0.39, 0.29) is 56.5 Å². The van der Waals surface area contributed by atoms with Gasteiger partial charge in [-0.25, -0.2) is 9.97 Å². The number of anilines is 1. The molecule has 0 spiro atoms. The van der Waals surface area contributed by atoms with E-state index in [0.717, 1.165) is 37.7 Å². The minimum Gasteiger partial charge on any atom is -0.394 e. The summed E-state index contributed by atoms with van der Waals surface area (Å²) in [7, 11) is 0. The number of carbonyl (C=O) groups is 2. The maximum Gasteiger partial charge on any atom is 0.225 e. The van der Waals surface area contributed by atoms with Gasteiger partial charge in [0, 0.05) is 70.8 Å². The molecular weight excluding hydrogens is 463 g/mol. The van der Waals surface area contributed by atoms with Gasteiger partial charge in [-0.1, -0.05) is 20.8 Å². The zero-order valence-corrected chi connectivity index (χ0v) is 21.4. The summed E-state index contributed by atoms with van der Waals surface area (Å²) in [6.45, 7) is 15.2. The van der Waals surface area contributed by atoms with E-state index in [1.165, 1.54) is 0 Å². The predicted octanol–water partition coefficient (Wildman–Crippen LogP) is 0.423. The summed E-state index contributed by atoms with van der Waals surface area (Å²) in [6.07, 6.45) is 3.65. The number of aliphatic hydroxyl groups excluding tert-OH is 1. The number of piperazine rings is 1. The van der Waals surface area contributed by atoms with Crippen LogP contribution in [0.5, 0.6) is 0 Å². The molecule has 1 aromatic rings. The Morgan fingerprint density at radius 3 is 2.20 bits per heavy atom. The van der Waals surface area contributed by atoms with E-state index >= 15 is 0 Å². The topological polar surface area (TPSA) is 108 Å². The van der Waals surface area contributed by atoms with Crippen LogP contribution in [-0.4, -0.2) is 84.3 Å². The van der Waals surface area contributed by atoms with Crippen molar-refractivity contribution in [1.82, 2.24) is 20.2 Å². The van der Waals surface area contributed by atoms with E-state index in [2.05, 4.69) is 27.1 Å². The fraction of sp³-hybridized carbons (Fsp3) is 0.650. The molecule has 0 saturated carbocycles. The van der Waals surface area contributed by atoms with E-state index < -0.39 is 0 Å². The van der Waals surface area contributed by atoms with Crippen LogP contribution in [0.4, 0.5) is 5.69 Å². The molecule has 1 fully saturated rings. The average Bonchev–Trinajstić information content (AvgIpc) is 2.68. The Morgan fingerprint density at radius 1 is 1.17 bits per heavy atom. The van der Waals surface area contributed by atoms with Crippen molar-refractivity contribution < 1.29 is 52.1 Å². The van der Waals surface area contributed by atoms with Crippen LogP contribution in [0.3, 0.4) is 0 Å². The smallest absolute Gasteiger partial charge is 0.225 e. The van der Waals surface area contributed by atoms with Gasteiger partial charge in [0.2, 0.25) is 5.91 Å². The molecular formula is C20H34N5O4Y-. The van der Waals surface area contributed by atoms with Crippen LogP contribution < -0.4 is 10.2 Å². The Kier molecular flexibility index (Phi) is 14.0. The number of rotatable bonds is 6. The minimum absolute atomic E-state index is 0. The zero-order chi connectivity index (χ0) is 21.9. The molecule has 1 aliphatic rings. The summed E-state index contributed by atoms with van der Waals surface area (Å²) >= 11 is 0. The third kappa shape index (κ3) is 11.2. The van der Waals surface area contributed by atoms with E-state index in [4.69, 9.17) is 9.84 Å². The molecule has 0 aliphatic carbocycles. The van der Waals surface area contributed by atoms with E-state index in [1.54, 1.807) is 4.90 Å². The second kappa shape index (κ2) is 14.7. The quantitative estimate of drug-likeness (QED) is 0.434. The summed E-state index contributed by atoms with van der Waals surface area (Å²) in [5.41, 5.74) is 0.665. The second-order valence-electron chi connectivity index (χ2n) is 7.70. The van der Waals surface area contributed by atoms with Crippen molar-refractivity contribution in [2.75, 3.05) is 57.4 Å². The first-order valence-corrected chi connectivity index (χ1v) is 9.76. The average molecular weight is 497 g/mol. The maximum absolute atomic E-state index is 11.3. The standard InChI is InChI=1S/C11H15N4O.C9H19NO3.Y/c1-9-12-7-11(8-13-9)15-5-3-14(4-6-15)10(2)16;1-9(2,3)8(12)10-4-6-13-7-5-11;/h7-8H,2-6H2,1H3;11H,4-7H2,1-3H3,(H,10,12);/q-1;;. The molecule has 2 amide bonds. The molecule has 9 nitrogen and oxygen atoms in total. The van der Waals surface area contributed by atoms with Gasteiger partial charge in [0.1, 0.15) is 5.82 Å². The number of carbonyl (C=O) groups excluding carboxylic acids is 2. The first-order chi connectivity index (χ1) is 13.6. The van der Waals surface area contributed by atoms with Crippen molar-refractivity contribution in [3.05, 3.63) is 25.1 Å². The van der Waals surface area contributed by atoms with Gasteiger partial charge >= 0.3 is 0 Å². The Morgan fingerprint density at radius 2 is 1.73 bits per heavy atom. The van der Waals surface area contributed by atoms with E-state index in [1.807, 2.05) is 40.1 Å². The molecule has 10 heteroatoms. The number of hydrogen-bond acceptors (Lipinski definition) is 7. The third-order valence-electron chi connectivity index (χ3n) is 4.21. The van der Waals surface area contributed by atoms with Gasteiger partial charge in [-0.3, -0.25) is 4.79 Å². The monoisotopic (exact) mass is 497 g/mol. The number of hydrogen-bond donors (Lipinski definition) is 2. The van der Waals surface area contributed by atoms with Gasteiger partial charge in [-0.05, 0) is 6.92 Å². The number of aliphatic hydroxyl groups is 1. The summed E-state index contributed by atoms with van der Waals surface area (Å²) in [6, 6.07) is 0. The summed E-state index contributed by atoms with van der Waals surface area (Å²) in [5, 5.41) is 11.1. The van der Waals surface area contributed by atoms with E-state index in [0.29, 0.717) is 19.8 Å². The van der Waals surface area contributed by atoms with Crippen LogP contribution in [0.2, 0.25) is 0 Å². The van der Waals surface area contributed by atoms with E-state index in [9.17, 15) is 9.59 Å². The molecule has 0 bridgehead atoms. The third-order valence-corrected chi connectivity index (χ3v) is 4.21. The number of amides is 2. The van der Waals surface area contributed by atoms with Crippen LogP contribution in [0.1, 0.15) is 26.6 Å². The normalized spacial score (nSPS) is 13.6. The number of nitrogens with one attached hydrogen (secondary N) is 1. The molecule has 2 heterocycles. The zero-order valence-electron chi connectivity index (χ0n) is 18.6. The second-order valence-corrected chi connectivity index (χ2v) is 7.70. The van der Waals surface area contributed by atoms with Crippen molar-refractivity contribution in [3.8, 4) is 0 Å². The summed E-state index contributed by atoms with van der Waals surface area (Å²) < 4.78 is 4.98. The molecule has 30 heavy (non-hydrogen) atoms. The van der Waals surface area contributed by atoms with Gasteiger partial charge in [0.15, 0.2) is 0 Å². The first-order valence-electron chi connectivity index (χ1n) is 9.76. The molecule has 1 aromatic heterocycles. The number of nitrogens with zero attached hydrogens (tertiary/aromatic N) is 4. The van der Waals surface area contributed by atoms with Gasteiger partial charge < -0.3 is 36.7 Å². The Balaban J connectivity index is 0.000000557. The molecule has 1 aliphatic heterocycles. The van der Waals surface area contributed by atoms with Gasteiger partial charge in [0.05, 0.1) is 43.8 Å². The molecule has 1 saturated heterocycles. The SMILES string of the molecule is CC(C)(C)C(=O)NCCOCCO.[CH2-]C(=O)N1CCN(c2cnc(C)nc2)CC1.[Y]. The molecule has 1 radical (unpaired) electrons. The Bertz CT molecular complexity index is 629. The van der Waals surface area contributed by atoms with Crippen LogP contribution in [-0.2, 0) is 47.0 Å². The van der Waals surface area contributed by atoms with Crippen molar-refractivity contribution in [2.45, 2.75) is 27.7 Å². The Labute approximate surface area is 204 Å². The van der Waals surface area contributed by atoms with Crippen molar-refractivity contribution >= 4 is 17.5 Å². The fourth-order valence-corrected chi connectivity index (χ4v) is 2.43. The maximum atomic E-state index is 11.3. The van der Waals surface area contributed by atoms with Crippen LogP contribution >= 0.6 is 0 Å². The minimum atomic E-state index is -0.350. The molecule has 0 atom stereocenters. The molecule has 2 N–H and O–H groups in total. The van der Waals surface area contributed by atoms with Gasteiger partial charge in [-0.2, -0.15) is 0 Å². The summed E-state index contributed by atoms with van der Waals surface area (Å²) in [4.78, 5) is 34.6. The molecule has 0 aromatic carbocycles. The fourth-order valence-electron chi connectivity index (χ4n) is 2.43. The van der Waals surface area contributed by atoms with Gasteiger partial charge in [-0.15, -0.1) is 0 Å². The van der Waals surface area contributed by atoms with Gasteiger partial charge in [0.25, 0.3) is 0 Å². The predicted molar refractivity (Wildman–Crippen MR) is 111 cm³/mol. The molecule has 167 valence electrons. The van der Waals surface area contributed by atoms with Crippen LogP contribution in [0.15, 0.2) is 12.4 Å². The largest absolute Gasteiger partial charge is 0.394 e. The van der Waals surface area contributed by atoms with Crippen molar-refractivity contribution in [2.24, 2.45) is 5.41 Å². The van der Waals surface area contributed by atoms with Crippen molar-refractivity contribution in [1.29, 1.82) is 0 Å². The number of aromatic nitrogens is 2. The summed E-state index contributed by atoms with van der Waals surface area (Å²) in [5.74, 6) is 0.690. The molecule has 2 rings (SSSR count). The number of aryl methyl sites for hydroxylation is 1. The van der Waals surface area contributed by atoms with Crippen LogP contribution in [0, 0.1) is 19.3 Å². The van der Waals surface area contributed by atoms with Crippen LogP contribution in [0.25, 0.3) is 0 Å². The molecule has 0 unspecified atom stereocenters. The Hall–Kier alpha value is -1.29. The number of ether oxygens (including phenoxy) is 1. The van der Waals surface area contributed by atoms with Crippen molar-refractivity contribution in [3.63, 3.8) is 0 Å². The first kappa shape index (κ1) is 28.7.